The molecule has 1 amide bonds. The maximum atomic E-state index is 12.0. The molecular formula is C17H34N2O2. The van der Waals surface area contributed by atoms with Crippen LogP contribution in [0.2, 0.25) is 0 Å². The second-order valence-corrected chi connectivity index (χ2v) is 7.97. The zero-order valence-electron chi connectivity index (χ0n) is 14.7. The highest BCUT2D eigenvalue weighted by atomic mass is 16.6. The van der Waals surface area contributed by atoms with Crippen molar-refractivity contribution in [3.63, 3.8) is 0 Å². The lowest BCUT2D eigenvalue weighted by molar-refractivity contribution is 0.0485. The lowest BCUT2D eigenvalue weighted by Gasteiger charge is -2.31. The highest BCUT2D eigenvalue weighted by Crippen LogP contribution is 2.31. The summed E-state index contributed by atoms with van der Waals surface area (Å²) in [7, 11) is 4.10. The van der Waals surface area contributed by atoms with Gasteiger partial charge in [-0.15, -0.1) is 0 Å². The first-order valence-corrected chi connectivity index (χ1v) is 8.30. The second kappa shape index (κ2) is 8.02. The molecule has 1 aliphatic rings. The van der Waals surface area contributed by atoms with Crippen molar-refractivity contribution in [2.45, 2.75) is 71.4 Å². The summed E-state index contributed by atoms with van der Waals surface area (Å²) in [5, 5.41) is 3.06. The number of alkyl carbamates (subject to hydrolysis) is 1. The van der Waals surface area contributed by atoms with E-state index in [-0.39, 0.29) is 12.1 Å². The molecule has 0 radical (unpaired) electrons. The Hall–Kier alpha value is -0.770. The van der Waals surface area contributed by atoms with Gasteiger partial charge in [-0.3, -0.25) is 0 Å². The molecule has 1 fully saturated rings. The Morgan fingerprint density at radius 2 is 1.81 bits per heavy atom. The minimum absolute atomic E-state index is 0.174. The van der Waals surface area contributed by atoms with Crippen molar-refractivity contribution in [3.05, 3.63) is 0 Å². The molecule has 0 aliphatic heterocycles. The molecule has 1 aliphatic carbocycles. The van der Waals surface area contributed by atoms with Gasteiger partial charge in [-0.05, 0) is 53.1 Å². The van der Waals surface area contributed by atoms with Crippen molar-refractivity contribution in [3.8, 4) is 0 Å². The summed E-state index contributed by atoms with van der Waals surface area (Å²) in [5.74, 6) is 1.61. The van der Waals surface area contributed by atoms with Crippen molar-refractivity contribution in [2.24, 2.45) is 11.8 Å². The van der Waals surface area contributed by atoms with Crippen LogP contribution < -0.4 is 5.32 Å². The molecule has 0 spiro atoms. The number of likely N-dealkylation sites (N-methyl/N-ethyl adjacent to an activating group) is 1. The van der Waals surface area contributed by atoms with E-state index in [9.17, 15) is 4.79 Å². The normalized spacial score (nSPS) is 24.7. The predicted octanol–water partition coefficient (Wildman–Crippen LogP) is 3.66. The van der Waals surface area contributed by atoms with Crippen LogP contribution in [0.15, 0.2) is 0 Å². The SMILES string of the molecule is CC1CCC(C[C@@H](CN(C)C)NC(=O)OC(C)(C)C)CC1. The third kappa shape index (κ3) is 8.30. The fraction of sp³-hybridized carbons (Fsp3) is 0.941. The first kappa shape index (κ1) is 18.3. The average molecular weight is 298 g/mol. The molecule has 21 heavy (non-hydrogen) atoms. The van der Waals surface area contributed by atoms with E-state index in [0.29, 0.717) is 0 Å². The third-order valence-electron chi connectivity index (χ3n) is 4.06. The summed E-state index contributed by atoms with van der Waals surface area (Å²) in [6.07, 6.45) is 6.00. The van der Waals surface area contributed by atoms with Crippen LogP contribution in [0, 0.1) is 11.8 Å². The minimum atomic E-state index is -0.437. The van der Waals surface area contributed by atoms with Gasteiger partial charge in [-0.25, -0.2) is 4.79 Å². The predicted molar refractivity (Wildman–Crippen MR) is 87.5 cm³/mol. The summed E-state index contributed by atoms with van der Waals surface area (Å²) in [5.41, 5.74) is -0.437. The second-order valence-electron chi connectivity index (χ2n) is 7.97. The van der Waals surface area contributed by atoms with Gasteiger partial charge in [0.2, 0.25) is 0 Å². The largest absolute Gasteiger partial charge is 0.444 e. The number of ether oxygens (including phenoxy) is 1. The lowest BCUT2D eigenvalue weighted by Crippen LogP contribution is -2.45. The fourth-order valence-corrected chi connectivity index (χ4v) is 3.06. The van der Waals surface area contributed by atoms with Crippen LogP contribution in [0.1, 0.15) is 59.8 Å². The monoisotopic (exact) mass is 298 g/mol. The Labute approximate surface area is 130 Å². The molecule has 124 valence electrons. The zero-order valence-corrected chi connectivity index (χ0v) is 14.7. The first-order valence-electron chi connectivity index (χ1n) is 8.30. The summed E-state index contributed by atoms with van der Waals surface area (Å²) < 4.78 is 5.39. The van der Waals surface area contributed by atoms with E-state index in [0.717, 1.165) is 24.8 Å². The molecule has 0 aromatic carbocycles. The van der Waals surface area contributed by atoms with Crippen molar-refractivity contribution in [2.75, 3.05) is 20.6 Å². The van der Waals surface area contributed by atoms with Crippen LogP contribution in [-0.4, -0.2) is 43.3 Å². The number of hydrogen-bond donors (Lipinski definition) is 1. The third-order valence-corrected chi connectivity index (χ3v) is 4.06. The molecule has 0 heterocycles. The van der Waals surface area contributed by atoms with Crippen molar-refractivity contribution in [1.82, 2.24) is 10.2 Å². The quantitative estimate of drug-likeness (QED) is 0.842. The van der Waals surface area contributed by atoms with E-state index in [1.807, 2.05) is 34.9 Å². The summed E-state index contributed by atoms with van der Waals surface area (Å²) in [4.78, 5) is 14.1. The first-order chi connectivity index (χ1) is 9.65. The minimum Gasteiger partial charge on any atom is -0.444 e. The van der Waals surface area contributed by atoms with Gasteiger partial charge in [0.05, 0.1) is 0 Å². The number of amides is 1. The molecule has 1 N–H and O–H groups in total. The molecular weight excluding hydrogens is 264 g/mol. The van der Waals surface area contributed by atoms with Gasteiger partial charge in [0.1, 0.15) is 5.60 Å². The molecule has 1 atom stereocenters. The molecule has 0 aromatic rings. The van der Waals surface area contributed by atoms with Gasteiger partial charge < -0.3 is 15.0 Å². The molecule has 0 bridgehead atoms. The smallest absolute Gasteiger partial charge is 0.407 e. The van der Waals surface area contributed by atoms with Gasteiger partial charge >= 0.3 is 6.09 Å². The fourth-order valence-electron chi connectivity index (χ4n) is 3.06. The van der Waals surface area contributed by atoms with Crippen molar-refractivity contribution >= 4 is 6.09 Å². The molecule has 0 saturated heterocycles. The molecule has 1 rings (SSSR count). The van der Waals surface area contributed by atoms with Gasteiger partial charge in [-0.1, -0.05) is 32.6 Å². The van der Waals surface area contributed by atoms with Crippen LogP contribution in [0.3, 0.4) is 0 Å². The number of carbonyl (C=O) groups excluding carboxylic acids is 1. The summed E-state index contributed by atoms with van der Waals surface area (Å²) in [6.45, 7) is 8.90. The Morgan fingerprint density at radius 3 is 2.29 bits per heavy atom. The van der Waals surface area contributed by atoms with Gasteiger partial charge in [0, 0.05) is 12.6 Å². The average Bonchev–Trinajstić information content (AvgIpc) is 2.28. The Morgan fingerprint density at radius 1 is 1.24 bits per heavy atom. The topological polar surface area (TPSA) is 41.6 Å². The van der Waals surface area contributed by atoms with E-state index in [1.165, 1.54) is 25.7 Å². The zero-order chi connectivity index (χ0) is 16.0. The van der Waals surface area contributed by atoms with Crippen LogP contribution in [0.5, 0.6) is 0 Å². The lowest BCUT2D eigenvalue weighted by atomic mass is 9.80. The molecule has 0 unspecified atom stereocenters. The standard InChI is InChI=1S/C17H34N2O2/c1-13-7-9-14(10-8-13)11-15(12-19(5)6)18-16(20)21-17(2,3)4/h13-15H,7-12H2,1-6H3,(H,18,20)/t13?,14?,15-/m0/s1. The number of nitrogens with zero attached hydrogens (tertiary/aromatic N) is 1. The maximum Gasteiger partial charge on any atom is 0.407 e. The number of nitrogens with one attached hydrogen (secondary N) is 1. The van der Waals surface area contributed by atoms with Crippen LogP contribution in [-0.2, 0) is 4.74 Å². The van der Waals surface area contributed by atoms with Gasteiger partial charge in [0.15, 0.2) is 0 Å². The van der Waals surface area contributed by atoms with Gasteiger partial charge in [0.25, 0.3) is 0 Å². The van der Waals surface area contributed by atoms with E-state index >= 15 is 0 Å². The van der Waals surface area contributed by atoms with Crippen LogP contribution in [0.25, 0.3) is 0 Å². The Balaban J connectivity index is 2.49. The Bertz CT molecular complexity index is 315. The summed E-state index contributed by atoms with van der Waals surface area (Å²) in [6, 6.07) is 0.174. The molecule has 1 saturated carbocycles. The van der Waals surface area contributed by atoms with Crippen molar-refractivity contribution in [1.29, 1.82) is 0 Å². The highest BCUT2D eigenvalue weighted by Gasteiger charge is 2.25. The number of carbonyl (C=O) groups is 1. The number of hydrogen-bond acceptors (Lipinski definition) is 3. The van der Waals surface area contributed by atoms with Crippen molar-refractivity contribution < 1.29 is 9.53 Å². The molecule has 4 heteroatoms. The molecule has 4 nitrogen and oxygen atoms in total. The van der Waals surface area contributed by atoms with Gasteiger partial charge in [-0.2, -0.15) is 0 Å². The Kier molecular flexibility index (Phi) is 6.98. The summed E-state index contributed by atoms with van der Waals surface area (Å²) >= 11 is 0. The number of rotatable bonds is 5. The van der Waals surface area contributed by atoms with Crippen LogP contribution in [0.4, 0.5) is 4.79 Å². The van der Waals surface area contributed by atoms with E-state index in [1.54, 1.807) is 0 Å². The highest BCUT2D eigenvalue weighted by molar-refractivity contribution is 5.68. The maximum absolute atomic E-state index is 12.0. The van der Waals surface area contributed by atoms with E-state index < -0.39 is 5.60 Å². The van der Waals surface area contributed by atoms with E-state index in [2.05, 4.69) is 17.1 Å². The van der Waals surface area contributed by atoms with Crippen LogP contribution >= 0.6 is 0 Å². The molecule has 0 aromatic heterocycles. The van der Waals surface area contributed by atoms with E-state index in [4.69, 9.17) is 4.74 Å².